The lowest BCUT2D eigenvalue weighted by molar-refractivity contribution is 0.240. The van der Waals surface area contributed by atoms with Gasteiger partial charge in [-0.3, -0.25) is 0 Å². The maximum absolute atomic E-state index is 6.27. The van der Waals surface area contributed by atoms with Crippen LogP contribution in [0.5, 0.6) is 5.75 Å². The number of ether oxygens (including phenoxy) is 1. The van der Waals surface area contributed by atoms with Crippen molar-refractivity contribution in [1.82, 2.24) is 24.8 Å². The Bertz CT molecular complexity index is 904. The minimum atomic E-state index is 0.173. The van der Waals surface area contributed by atoms with Gasteiger partial charge in [0.05, 0.1) is 12.8 Å². The number of nitrogen functional groups attached to an aromatic ring is 1. The zero-order chi connectivity index (χ0) is 18.8. The normalized spacial score (nSPS) is 12.8. The Labute approximate surface area is 156 Å². The van der Waals surface area contributed by atoms with Gasteiger partial charge in [0.2, 0.25) is 0 Å². The maximum Gasteiger partial charge on any atom is 0.199 e. The van der Waals surface area contributed by atoms with E-state index in [9.17, 15) is 0 Å². The van der Waals surface area contributed by atoms with Crippen LogP contribution in [0.15, 0.2) is 10.8 Å². The summed E-state index contributed by atoms with van der Waals surface area (Å²) in [5, 5.41) is 7.78. The van der Waals surface area contributed by atoms with Gasteiger partial charge in [-0.2, -0.15) is 0 Å². The van der Waals surface area contributed by atoms with Crippen LogP contribution >= 0.6 is 11.6 Å². The molecular formula is C17H23ClN6O2. The third-order valence-electron chi connectivity index (χ3n) is 4.13. The van der Waals surface area contributed by atoms with Crippen LogP contribution in [-0.2, 0) is 6.54 Å². The van der Waals surface area contributed by atoms with E-state index in [4.69, 9.17) is 26.7 Å². The molecule has 8 nitrogen and oxygen atoms in total. The van der Waals surface area contributed by atoms with Crippen LogP contribution < -0.4 is 10.5 Å². The van der Waals surface area contributed by atoms with E-state index in [1.807, 2.05) is 11.5 Å². The molecule has 2 N–H and O–H groups in total. The molecule has 0 amide bonds. The second kappa shape index (κ2) is 7.49. The number of rotatable bonds is 7. The van der Waals surface area contributed by atoms with Crippen molar-refractivity contribution >= 4 is 28.5 Å². The molecule has 0 radical (unpaired) electrons. The predicted molar refractivity (Wildman–Crippen MR) is 100 cm³/mol. The lowest BCUT2D eigenvalue weighted by atomic mass is 10.00. The lowest BCUT2D eigenvalue weighted by Gasteiger charge is -2.16. The average Bonchev–Trinajstić information content (AvgIpc) is 3.17. The quantitative estimate of drug-likeness (QED) is 0.623. The molecule has 3 aromatic heterocycles. The molecule has 1 atom stereocenters. The summed E-state index contributed by atoms with van der Waals surface area (Å²) in [6, 6.07) is 0. The van der Waals surface area contributed by atoms with E-state index in [1.54, 1.807) is 6.20 Å². The second-order valence-electron chi connectivity index (χ2n) is 6.83. The molecule has 0 aliphatic heterocycles. The molecule has 9 heteroatoms. The van der Waals surface area contributed by atoms with Crippen LogP contribution in [0.1, 0.15) is 34.1 Å². The van der Waals surface area contributed by atoms with E-state index >= 15 is 0 Å². The number of halogens is 1. The molecule has 3 heterocycles. The number of aryl methyl sites for hydroxylation is 1. The van der Waals surface area contributed by atoms with Crippen molar-refractivity contribution in [1.29, 1.82) is 0 Å². The van der Waals surface area contributed by atoms with Gasteiger partial charge in [0.25, 0.3) is 0 Å². The Morgan fingerprint density at radius 1 is 1.31 bits per heavy atom. The molecule has 0 bridgehead atoms. The fourth-order valence-electron chi connectivity index (χ4n) is 3.13. The molecule has 0 fully saturated rings. The molecule has 0 aromatic carbocycles. The minimum Gasteiger partial charge on any atom is -0.489 e. The molecule has 140 valence electrons. The molecule has 1 unspecified atom stereocenters. The van der Waals surface area contributed by atoms with E-state index < -0.39 is 0 Å². The van der Waals surface area contributed by atoms with E-state index in [0.717, 1.165) is 11.9 Å². The third-order valence-corrected chi connectivity index (χ3v) is 4.41. The lowest BCUT2D eigenvalue weighted by Crippen LogP contribution is -2.12. The van der Waals surface area contributed by atoms with E-state index in [1.165, 1.54) is 0 Å². The van der Waals surface area contributed by atoms with Crippen LogP contribution in [-0.4, -0.2) is 31.5 Å². The number of hydrogen-bond acceptors (Lipinski definition) is 7. The SMILES string of the molecule is CCn1c(-c2nonc2N)nc2c(Cl)ncc(OCC(C)CC(C)C)c21. The van der Waals surface area contributed by atoms with Crippen LogP contribution in [0.2, 0.25) is 5.15 Å². The molecule has 0 saturated heterocycles. The molecule has 0 saturated carbocycles. The summed E-state index contributed by atoms with van der Waals surface area (Å²) in [6.07, 6.45) is 2.72. The fraction of sp³-hybridized carbons (Fsp3) is 0.529. The Hall–Kier alpha value is -2.35. The first kappa shape index (κ1) is 18.4. The van der Waals surface area contributed by atoms with Gasteiger partial charge in [-0.1, -0.05) is 32.4 Å². The summed E-state index contributed by atoms with van der Waals surface area (Å²) >= 11 is 6.27. The summed E-state index contributed by atoms with van der Waals surface area (Å²) < 4.78 is 12.7. The molecule has 0 spiro atoms. The average molecular weight is 379 g/mol. The monoisotopic (exact) mass is 378 g/mol. The number of nitrogens with zero attached hydrogens (tertiary/aromatic N) is 5. The zero-order valence-electron chi connectivity index (χ0n) is 15.4. The van der Waals surface area contributed by atoms with E-state index in [2.05, 4.69) is 41.1 Å². The van der Waals surface area contributed by atoms with E-state index in [0.29, 0.717) is 52.9 Å². The maximum atomic E-state index is 6.27. The largest absolute Gasteiger partial charge is 0.489 e. The predicted octanol–water partition coefficient (Wildman–Crippen LogP) is 3.80. The van der Waals surface area contributed by atoms with E-state index in [-0.39, 0.29) is 5.82 Å². The van der Waals surface area contributed by atoms with Crippen molar-refractivity contribution in [2.24, 2.45) is 11.8 Å². The highest BCUT2D eigenvalue weighted by Crippen LogP contribution is 2.34. The van der Waals surface area contributed by atoms with Gasteiger partial charge in [0.15, 0.2) is 28.2 Å². The Morgan fingerprint density at radius 3 is 2.69 bits per heavy atom. The van der Waals surface area contributed by atoms with Crippen molar-refractivity contribution in [2.75, 3.05) is 12.3 Å². The topological polar surface area (TPSA) is 105 Å². The number of pyridine rings is 1. The van der Waals surface area contributed by atoms with Crippen molar-refractivity contribution in [3.05, 3.63) is 11.3 Å². The zero-order valence-corrected chi connectivity index (χ0v) is 16.1. The van der Waals surface area contributed by atoms with Crippen LogP contribution in [0.3, 0.4) is 0 Å². The van der Waals surface area contributed by atoms with Crippen LogP contribution in [0, 0.1) is 11.8 Å². The first-order chi connectivity index (χ1) is 12.4. The number of imidazole rings is 1. The van der Waals surface area contributed by atoms with Crippen molar-refractivity contribution in [3.63, 3.8) is 0 Å². The number of anilines is 1. The standard InChI is InChI=1S/C17H23ClN6O2/c1-5-24-14-11(25-8-10(4)6-9(2)3)7-20-15(18)12(14)21-17(24)13-16(19)23-26-22-13/h7,9-10H,5-6,8H2,1-4H3,(H2,19,23). The molecule has 3 aromatic rings. The van der Waals surface area contributed by atoms with Gasteiger partial charge >= 0.3 is 0 Å². The first-order valence-electron chi connectivity index (χ1n) is 8.68. The van der Waals surface area contributed by atoms with Gasteiger partial charge in [-0.05, 0) is 35.5 Å². The van der Waals surface area contributed by atoms with Gasteiger partial charge in [-0.25, -0.2) is 14.6 Å². The summed E-state index contributed by atoms with van der Waals surface area (Å²) in [5.74, 6) is 2.37. The fourth-order valence-corrected chi connectivity index (χ4v) is 3.31. The molecule has 0 aliphatic carbocycles. The first-order valence-corrected chi connectivity index (χ1v) is 9.06. The Morgan fingerprint density at radius 2 is 2.08 bits per heavy atom. The van der Waals surface area contributed by atoms with Gasteiger partial charge in [0, 0.05) is 6.54 Å². The van der Waals surface area contributed by atoms with Gasteiger partial charge in [-0.15, -0.1) is 0 Å². The van der Waals surface area contributed by atoms with Gasteiger partial charge < -0.3 is 15.0 Å². The molecular weight excluding hydrogens is 356 g/mol. The second-order valence-corrected chi connectivity index (χ2v) is 7.19. The third kappa shape index (κ3) is 3.46. The smallest absolute Gasteiger partial charge is 0.199 e. The van der Waals surface area contributed by atoms with Crippen molar-refractivity contribution in [2.45, 2.75) is 40.7 Å². The Balaban J connectivity index is 2.04. The summed E-state index contributed by atoms with van der Waals surface area (Å²) in [7, 11) is 0. The van der Waals surface area contributed by atoms with Crippen LogP contribution in [0.4, 0.5) is 5.82 Å². The Kier molecular flexibility index (Phi) is 5.31. The van der Waals surface area contributed by atoms with Crippen molar-refractivity contribution < 1.29 is 9.37 Å². The van der Waals surface area contributed by atoms with Crippen molar-refractivity contribution in [3.8, 4) is 17.3 Å². The minimum absolute atomic E-state index is 0.173. The molecule has 26 heavy (non-hydrogen) atoms. The van der Waals surface area contributed by atoms with Gasteiger partial charge in [0.1, 0.15) is 11.0 Å². The summed E-state index contributed by atoms with van der Waals surface area (Å²) in [5.41, 5.74) is 7.52. The number of hydrogen-bond donors (Lipinski definition) is 1. The highest BCUT2D eigenvalue weighted by Gasteiger charge is 2.23. The summed E-state index contributed by atoms with van der Waals surface area (Å²) in [6.45, 7) is 9.78. The highest BCUT2D eigenvalue weighted by atomic mass is 35.5. The summed E-state index contributed by atoms with van der Waals surface area (Å²) in [4.78, 5) is 8.78. The molecule has 3 rings (SSSR count). The highest BCUT2D eigenvalue weighted by molar-refractivity contribution is 6.34. The number of aromatic nitrogens is 5. The number of nitrogens with two attached hydrogens (primary N) is 1. The van der Waals surface area contributed by atoms with Crippen LogP contribution in [0.25, 0.3) is 22.6 Å². The molecule has 0 aliphatic rings. The number of fused-ring (bicyclic) bond motifs is 1.